The molecule has 0 spiro atoms. The molecule has 0 unspecified atom stereocenters. The van der Waals surface area contributed by atoms with Gasteiger partial charge in [-0.1, -0.05) is 17.4 Å². The van der Waals surface area contributed by atoms with Gasteiger partial charge >= 0.3 is 0 Å². The quantitative estimate of drug-likeness (QED) is 0.750. The molecule has 5 nitrogen and oxygen atoms in total. The number of carbonyl (C=O) groups is 1. The molecule has 7 heteroatoms. The van der Waals surface area contributed by atoms with Gasteiger partial charge in [-0.15, -0.1) is 0 Å². The number of thiazole rings is 1. The predicted octanol–water partition coefficient (Wildman–Crippen LogP) is 3.46. The van der Waals surface area contributed by atoms with Crippen molar-refractivity contribution in [2.75, 3.05) is 5.32 Å². The molecule has 3 aromatic rings. The average Bonchev–Trinajstić information content (AvgIpc) is 3.20. The third-order valence-corrected chi connectivity index (χ3v) is 5.40. The Kier molecular flexibility index (Phi) is 3.97. The molecule has 1 aliphatic carbocycles. The Bertz CT molecular complexity index is 972. The van der Waals surface area contributed by atoms with Crippen molar-refractivity contribution in [2.24, 2.45) is 5.92 Å². The summed E-state index contributed by atoms with van der Waals surface area (Å²) in [6.45, 7) is 1.90. The minimum absolute atomic E-state index is 0.0532. The maximum atomic E-state index is 13.0. The van der Waals surface area contributed by atoms with Gasteiger partial charge in [0.15, 0.2) is 5.13 Å². The van der Waals surface area contributed by atoms with Crippen LogP contribution in [0.3, 0.4) is 0 Å². The summed E-state index contributed by atoms with van der Waals surface area (Å²) in [6.07, 6.45) is 2.71. The first kappa shape index (κ1) is 16.1. The van der Waals surface area contributed by atoms with Crippen LogP contribution in [-0.2, 0) is 11.4 Å². The lowest BCUT2D eigenvalue weighted by molar-refractivity contribution is -0.117. The van der Waals surface area contributed by atoms with Gasteiger partial charge in [-0.05, 0) is 42.2 Å². The van der Waals surface area contributed by atoms with Gasteiger partial charge in [0.25, 0.3) is 0 Å². The third-order valence-electron chi connectivity index (χ3n) is 4.47. The smallest absolute Gasteiger partial charge is 0.232 e. The number of aromatic nitrogens is 2. The number of fused-ring (bicyclic) bond motifs is 1. The van der Waals surface area contributed by atoms with Gasteiger partial charge in [0.05, 0.1) is 22.7 Å². The summed E-state index contributed by atoms with van der Waals surface area (Å²) < 4.78 is 13.9. The highest BCUT2D eigenvalue weighted by molar-refractivity contribution is 7.22. The van der Waals surface area contributed by atoms with Crippen molar-refractivity contribution in [1.29, 1.82) is 0 Å². The molecule has 2 atom stereocenters. The van der Waals surface area contributed by atoms with Crippen LogP contribution in [0.5, 0.6) is 0 Å². The summed E-state index contributed by atoms with van der Waals surface area (Å²) in [5.41, 5.74) is 4.48. The van der Waals surface area contributed by atoms with Crippen LogP contribution in [0.15, 0.2) is 30.6 Å². The zero-order valence-electron chi connectivity index (χ0n) is 13.5. The lowest BCUT2D eigenvalue weighted by Gasteiger charge is -2.09. The van der Waals surface area contributed by atoms with Crippen LogP contribution >= 0.6 is 11.3 Å². The summed E-state index contributed by atoms with van der Waals surface area (Å²) >= 11 is 1.36. The summed E-state index contributed by atoms with van der Waals surface area (Å²) in [5, 5.41) is 12.6. The Hall–Kier alpha value is -2.38. The average molecular weight is 357 g/mol. The minimum atomic E-state index is -1.02. The number of rotatable bonds is 4. The van der Waals surface area contributed by atoms with Crippen molar-refractivity contribution in [3.8, 4) is 11.1 Å². The first-order chi connectivity index (χ1) is 12.1. The highest BCUT2D eigenvalue weighted by Gasteiger charge is 2.43. The molecule has 1 amide bonds. The van der Waals surface area contributed by atoms with E-state index in [-0.39, 0.29) is 12.5 Å². The number of hydrogen-bond acceptors (Lipinski definition) is 5. The fraction of sp³-hybridized carbons (Fsp3) is 0.278. The second-order valence-corrected chi connectivity index (χ2v) is 7.21. The van der Waals surface area contributed by atoms with Crippen molar-refractivity contribution in [3.63, 3.8) is 0 Å². The molecule has 0 radical (unpaired) electrons. The van der Waals surface area contributed by atoms with Gasteiger partial charge in [-0.25, -0.2) is 9.37 Å². The molecule has 2 heterocycles. The topological polar surface area (TPSA) is 75.1 Å². The van der Waals surface area contributed by atoms with Gasteiger partial charge in [0.1, 0.15) is 6.17 Å². The SMILES string of the molecule is Cc1c(CO)cncc1-c1ccc2nc(NC(=O)[C@@H]3C[C@@H]3F)sc2c1. The number of amides is 1. The van der Waals surface area contributed by atoms with E-state index >= 15 is 0 Å². The largest absolute Gasteiger partial charge is 0.392 e. The molecule has 1 aliphatic rings. The number of aliphatic hydroxyl groups excluding tert-OH is 1. The number of carbonyl (C=O) groups excluding carboxylic acids is 1. The van der Waals surface area contributed by atoms with Crippen molar-refractivity contribution >= 4 is 32.6 Å². The molecule has 2 aromatic heterocycles. The second kappa shape index (κ2) is 6.16. The highest BCUT2D eigenvalue weighted by atomic mass is 32.1. The number of alkyl halides is 1. The highest BCUT2D eigenvalue weighted by Crippen LogP contribution is 2.36. The number of benzene rings is 1. The number of hydrogen-bond donors (Lipinski definition) is 2. The summed E-state index contributed by atoms with van der Waals surface area (Å²) in [5.74, 6) is -0.833. The first-order valence-corrected chi connectivity index (χ1v) is 8.78. The maximum Gasteiger partial charge on any atom is 0.232 e. The zero-order chi connectivity index (χ0) is 17.6. The Morgan fingerprint density at radius 3 is 2.96 bits per heavy atom. The molecule has 25 heavy (non-hydrogen) atoms. The number of halogens is 1. The standard InChI is InChI=1S/C18H16FN3O2S/c1-9-11(8-23)6-20-7-13(9)10-2-3-15-16(4-10)25-18(21-15)22-17(24)12-5-14(12)19/h2-4,6-7,12,14,23H,5,8H2,1H3,(H,21,22,24)/t12-,14+/m1/s1. The van der Waals surface area contributed by atoms with Crippen LogP contribution in [0.2, 0.25) is 0 Å². The fourth-order valence-corrected chi connectivity index (χ4v) is 3.71. The van der Waals surface area contributed by atoms with E-state index in [2.05, 4.69) is 15.3 Å². The Balaban J connectivity index is 1.65. The van der Waals surface area contributed by atoms with Crippen LogP contribution < -0.4 is 5.32 Å². The third kappa shape index (κ3) is 3.01. The Morgan fingerprint density at radius 2 is 2.24 bits per heavy atom. The minimum Gasteiger partial charge on any atom is -0.392 e. The number of pyridine rings is 1. The molecule has 1 saturated carbocycles. The molecule has 1 fully saturated rings. The molecular formula is C18H16FN3O2S. The van der Waals surface area contributed by atoms with Gasteiger partial charge in [-0.3, -0.25) is 9.78 Å². The predicted molar refractivity (Wildman–Crippen MR) is 95.1 cm³/mol. The zero-order valence-corrected chi connectivity index (χ0v) is 14.3. The van der Waals surface area contributed by atoms with Gasteiger partial charge in [0, 0.05) is 18.0 Å². The van der Waals surface area contributed by atoms with E-state index in [1.54, 1.807) is 12.4 Å². The van der Waals surface area contributed by atoms with Crippen molar-refractivity contribution in [2.45, 2.75) is 26.1 Å². The number of anilines is 1. The van der Waals surface area contributed by atoms with Crippen LogP contribution in [0, 0.1) is 12.8 Å². The summed E-state index contributed by atoms with van der Waals surface area (Å²) in [7, 11) is 0. The maximum absolute atomic E-state index is 13.0. The molecule has 2 N–H and O–H groups in total. The molecule has 1 aromatic carbocycles. The number of nitrogens with zero attached hydrogens (tertiary/aromatic N) is 2. The number of aliphatic hydroxyl groups is 1. The van der Waals surface area contributed by atoms with Crippen molar-refractivity contribution in [3.05, 3.63) is 41.7 Å². The van der Waals surface area contributed by atoms with Gasteiger partial charge in [-0.2, -0.15) is 0 Å². The fourth-order valence-electron chi connectivity index (χ4n) is 2.80. The molecule has 0 aliphatic heterocycles. The molecule has 0 saturated heterocycles. The van der Waals surface area contributed by atoms with Gasteiger partial charge in [0.2, 0.25) is 5.91 Å². The van der Waals surface area contributed by atoms with E-state index in [0.29, 0.717) is 11.6 Å². The van der Waals surface area contributed by atoms with E-state index in [4.69, 9.17) is 0 Å². The Morgan fingerprint density at radius 1 is 1.44 bits per heavy atom. The van der Waals surface area contributed by atoms with Crippen molar-refractivity contribution < 1.29 is 14.3 Å². The van der Waals surface area contributed by atoms with E-state index in [9.17, 15) is 14.3 Å². The molecule has 4 rings (SSSR count). The number of nitrogens with one attached hydrogen (secondary N) is 1. The monoisotopic (exact) mass is 357 g/mol. The van der Waals surface area contributed by atoms with E-state index in [1.165, 1.54) is 11.3 Å². The van der Waals surface area contributed by atoms with Gasteiger partial charge < -0.3 is 10.4 Å². The van der Waals surface area contributed by atoms with E-state index in [1.807, 2.05) is 25.1 Å². The van der Waals surface area contributed by atoms with Crippen LogP contribution in [0.1, 0.15) is 17.5 Å². The first-order valence-electron chi connectivity index (χ1n) is 7.97. The van der Waals surface area contributed by atoms with E-state index in [0.717, 1.165) is 32.5 Å². The van der Waals surface area contributed by atoms with Crippen LogP contribution in [-0.4, -0.2) is 27.2 Å². The molecular weight excluding hydrogens is 341 g/mol. The Labute approximate surface area is 147 Å². The molecule has 0 bridgehead atoms. The normalized spacial score (nSPS) is 19.2. The molecule has 128 valence electrons. The summed E-state index contributed by atoms with van der Waals surface area (Å²) in [6, 6.07) is 5.82. The second-order valence-electron chi connectivity index (χ2n) is 6.18. The van der Waals surface area contributed by atoms with E-state index < -0.39 is 12.1 Å². The summed E-state index contributed by atoms with van der Waals surface area (Å²) in [4.78, 5) is 20.4. The van der Waals surface area contributed by atoms with Crippen LogP contribution in [0.25, 0.3) is 21.3 Å². The van der Waals surface area contributed by atoms with Crippen LogP contribution in [0.4, 0.5) is 9.52 Å². The van der Waals surface area contributed by atoms with Crippen molar-refractivity contribution in [1.82, 2.24) is 9.97 Å². The lowest BCUT2D eigenvalue weighted by Crippen LogP contribution is -2.14. The lowest BCUT2D eigenvalue weighted by atomic mass is 10.00.